The third kappa shape index (κ3) is 21.7. The second-order valence-electron chi connectivity index (χ2n) is 12.3. The van der Waals surface area contributed by atoms with Crippen LogP contribution in [0.3, 0.4) is 0 Å². The average Bonchev–Trinajstić information content (AvgIpc) is 3.72. The van der Waals surface area contributed by atoms with Crippen molar-refractivity contribution in [2.24, 2.45) is 26.7 Å². The molecule has 0 aliphatic carbocycles. The maximum absolute atomic E-state index is 12.8. The van der Waals surface area contributed by atoms with Crippen LogP contribution in [0.2, 0.25) is 0 Å². The number of aromatic nitrogens is 3. The number of fused-ring (bicyclic) bond motifs is 1. The van der Waals surface area contributed by atoms with E-state index in [1.807, 2.05) is 36.4 Å². The van der Waals surface area contributed by atoms with Gasteiger partial charge in [0.2, 0.25) is 0 Å². The smallest absolute Gasteiger partial charge is 0.261 e. The third-order valence-corrected chi connectivity index (χ3v) is 9.20. The predicted octanol–water partition coefficient (Wildman–Crippen LogP) is 5.95. The monoisotopic (exact) mass is 948 g/mol. The molecule has 16 nitrogen and oxygen atoms in total. The van der Waals surface area contributed by atoms with Gasteiger partial charge in [0.25, 0.3) is 5.91 Å². The molecule has 1 aliphatic rings. The molecule has 0 bridgehead atoms. The predicted molar refractivity (Wildman–Crippen MR) is 287 cm³/mol. The first-order valence-corrected chi connectivity index (χ1v) is 20.4. The van der Waals surface area contributed by atoms with Gasteiger partial charge in [0, 0.05) is 118 Å². The molecule has 4 heterocycles. The Morgan fingerprint density at radius 3 is 1.94 bits per heavy atom. The minimum absolute atomic E-state index is 0. The van der Waals surface area contributed by atoms with Crippen molar-refractivity contribution in [2.45, 2.75) is 26.9 Å². The number of nitrogens with zero attached hydrogens (tertiary/aromatic N) is 10. The van der Waals surface area contributed by atoms with Crippen molar-refractivity contribution in [2.75, 3.05) is 36.8 Å². The first kappa shape index (κ1) is 52.1. The van der Waals surface area contributed by atoms with Gasteiger partial charge in [-0.05, 0) is 155 Å². The number of nitrogens with two attached hydrogens (primary N) is 2. The fraction of sp³-hybridized carbons (Fsp3) is 0.160. The van der Waals surface area contributed by atoms with E-state index < -0.39 is 0 Å². The number of benzene rings is 1. The Balaban J connectivity index is -0.000000140. The van der Waals surface area contributed by atoms with Crippen molar-refractivity contribution in [3.8, 4) is 143 Å². The molecular formula is C50H56N14O2S2. The molecule has 0 atom stereocenters. The summed E-state index contributed by atoms with van der Waals surface area (Å²) in [7, 11) is 0. The molecular weight excluding hydrogens is 893 g/mol. The molecule has 68 heavy (non-hydrogen) atoms. The minimum Gasteiger partial charge on any atom is -0.478 e. The largest absolute Gasteiger partial charge is 0.478 e. The first-order valence-electron chi connectivity index (χ1n) is 19.3. The van der Waals surface area contributed by atoms with Crippen LogP contribution in [0.25, 0.3) is 10.8 Å². The molecule has 4 aromatic rings. The summed E-state index contributed by atoms with van der Waals surface area (Å²) in [6.45, 7) is 8.90. The van der Waals surface area contributed by atoms with Crippen LogP contribution in [0.4, 0.5) is 11.6 Å². The lowest BCUT2D eigenvalue weighted by molar-refractivity contribution is -0.444. The van der Waals surface area contributed by atoms with Gasteiger partial charge in [-0.15, -0.1) is 17.8 Å². The van der Waals surface area contributed by atoms with Crippen molar-refractivity contribution in [1.82, 2.24) is 30.7 Å². The zero-order valence-electron chi connectivity index (χ0n) is 36.3. The van der Waals surface area contributed by atoms with Crippen LogP contribution in [-0.2, 0) is 25.9 Å². The number of rotatable bonds is 9. The molecule has 1 aromatic carbocycles. The summed E-state index contributed by atoms with van der Waals surface area (Å²) in [6, 6.07) is 11.9. The van der Waals surface area contributed by atoms with Crippen LogP contribution in [-0.4, -0.2) is 56.2 Å². The van der Waals surface area contributed by atoms with E-state index in [0.29, 0.717) is 12.4 Å². The molecule has 1 aliphatic heterocycles. The number of pyridine rings is 1. The van der Waals surface area contributed by atoms with E-state index in [0.717, 1.165) is 59.8 Å². The molecule has 1 saturated heterocycles. The zero-order valence-corrected chi connectivity index (χ0v) is 37.9. The number of carbonyl (C=O) groups excluding carboxylic acids is 1. The van der Waals surface area contributed by atoms with Crippen LogP contribution < -0.4 is 27.3 Å². The number of piperazine rings is 1. The zero-order chi connectivity index (χ0) is 48.9. The molecule has 0 saturated carbocycles. The number of nitrogen functional groups attached to an aromatic ring is 1. The summed E-state index contributed by atoms with van der Waals surface area (Å²) >= 11 is 5.52. The SMILES string of the molecule is C#CC#CC#CC#CC#CC#CC#CC#CC#CC#CC#CC#CC.Cc1cc(C(=O)NCc2ccc3c(N)nccc3c2)sc1CN1CCN(c2ccncn2)CC1.NN=NN=NN[N+](=O)[S-].[HH].[HH].[HH].[HH].[HH].[HH].[HH].[HH].[HH].[HH].[HH]. The molecule has 0 radical (unpaired) electrons. The summed E-state index contributed by atoms with van der Waals surface area (Å²) in [5.74, 6) is 62.9. The number of hydrogen-bond acceptors (Lipinski definition) is 12. The molecule has 1 fully saturated rings. The summed E-state index contributed by atoms with van der Waals surface area (Å²) in [4.78, 5) is 41.8. The average molecular weight is 949 g/mol. The lowest BCUT2D eigenvalue weighted by Gasteiger charge is -2.35. The maximum atomic E-state index is 12.8. The van der Waals surface area contributed by atoms with Crippen LogP contribution in [0.15, 0.2) is 76.0 Å². The normalized spacial score (nSPS) is 10.0. The molecule has 18 heteroatoms. The van der Waals surface area contributed by atoms with Crippen molar-refractivity contribution in [3.63, 3.8) is 0 Å². The fourth-order valence-electron chi connectivity index (χ4n) is 5.02. The Bertz CT molecular complexity index is 3340. The highest BCUT2D eigenvalue weighted by Gasteiger charge is 2.20. The molecule has 1 amide bonds. The van der Waals surface area contributed by atoms with Gasteiger partial charge in [-0.3, -0.25) is 9.69 Å². The van der Waals surface area contributed by atoms with Crippen LogP contribution in [0, 0.1) is 154 Å². The second-order valence-corrected chi connectivity index (χ2v) is 13.7. The Morgan fingerprint density at radius 2 is 1.41 bits per heavy atom. The number of hydrazine groups is 1. The van der Waals surface area contributed by atoms with Crippen molar-refractivity contribution in [3.05, 3.63) is 80.9 Å². The van der Waals surface area contributed by atoms with Crippen LogP contribution >= 0.6 is 11.3 Å². The van der Waals surface area contributed by atoms with Gasteiger partial charge in [0.1, 0.15) is 23.2 Å². The van der Waals surface area contributed by atoms with Gasteiger partial charge in [0.05, 0.1) is 4.88 Å². The van der Waals surface area contributed by atoms with Gasteiger partial charge in [-0.1, -0.05) is 32.5 Å². The Kier molecular flexibility index (Phi) is 24.9. The van der Waals surface area contributed by atoms with E-state index in [2.05, 4.69) is 213 Å². The number of nitroso groups, excluding NO2 is 1. The summed E-state index contributed by atoms with van der Waals surface area (Å²) in [6.07, 6.45) is 9.98. The lowest BCUT2D eigenvalue weighted by Crippen LogP contribution is -2.46. The van der Waals surface area contributed by atoms with E-state index >= 15 is 0 Å². The Labute approximate surface area is 420 Å². The van der Waals surface area contributed by atoms with Crippen molar-refractivity contribution < 1.29 is 24.8 Å². The number of thiophene rings is 1. The number of nitrogens with one attached hydrogen (secondary N) is 2. The molecule has 6 N–H and O–H groups in total. The minimum atomic E-state index is -0.0739. The van der Waals surface area contributed by atoms with Crippen LogP contribution in [0.1, 0.15) is 48.3 Å². The van der Waals surface area contributed by atoms with E-state index in [4.69, 9.17) is 12.2 Å². The fourth-order valence-corrected chi connectivity index (χ4v) is 6.19. The number of carbonyl (C=O) groups is 1. The summed E-state index contributed by atoms with van der Waals surface area (Å²) in [5.41, 5.74) is 9.85. The van der Waals surface area contributed by atoms with Gasteiger partial charge >= 0.3 is 0 Å². The first-order chi connectivity index (χ1) is 33.2. The van der Waals surface area contributed by atoms with Gasteiger partial charge in [0.15, 0.2) is 5.22 Å². The van der Waals surface area contributed by atoms with Crippen LogP contribution in [0.5, 0.6) is 0 Å². The second kappa shape index (κ2) is 32.5. The maximum Gasteiger partial charge on any atom is 0.261 e. The van der Waals surface area contributed by atoms with Gasteiger partial charge in [-0.2, -0.15) is 0 Å². The highest BCUT2D eigenvalue weighted by Crippen LogP contribution is 2.25. The summed E-state index contributed by atoms with van der Waals surface area (Å²) in [5, 5.41) is 16.3. The number of terminal acetylenes is 1. The highest BCUT2D eigenvalue weighted by molar-refractivity contribution is 7.51. The molecule has 3 aromatic heterocycles. The van der Waals surface area contributed by atoms with E-state index in [9.17, 15) is 9.70 Å². The van der Waals surface area contributed by atoms with E-state index in [1.165, 1.54) is 10.4 Å². The van der Waals surface area contributed by atoms with Gasteiger partial charge in [-0.25, -0.2) is 15.0 Å². The molecule has 0 spiro atoms. The van der Waals surface area contributed by atoms with Crippen molar-refractivity contribution in [1.29, 1.82) is 0 Å². The Morgan fingerprint density at radius 1 is 0.824 bits per heavy atom. The molecule has 5 rings (SSSR count). The third-order valence-electron chi connectivity index (χ3n) is 7.90. The quantitative estimate of drug-likeness (QED) is 0.0385. The Hall–Kier alpha value is -10.2. The molecule has 350 valence electrons. The number of amides is 1. The van der Waals surface area contributed by atoms with E-state index in [1.54, 1.807) is 42.5 Å². The van der Waals surface area contributed by atoms with E-state index in [-0.39, 0.29) is 25.9 Å². The molecule has 0 unspecified atom stereocenters. The standard InChI is InChI=1S/C25H27N7OS.C25H4.H3N7OS.11H2/c1-17-12-21(25(33)29-14-18-2-3-20-19(13-18)4-7-28-24(20)26)34-22(17)15-31-8-10-32(11-9-31)23-5-6-27-16-30-23;1-3-5-7-9-11-13-15-17-19-21-23-25-24-22-20-18-16-14-12-10-8-6-4-2;1-2-3-4-5-6-7(8)9;;;;;;;;;;;/h2-7,12-13,16H,8-11,14-15H2,1H3,(H2,26,28)(H,29,33);1H,2H3;(H2,1,3,5)(H,2,4,6,8,9);11*1H. The number of aryl methyl sites for hydroxylation is 1. The van der Waals surface area contributed by atoms with Crippen molar-refractivity contribution >= 4 is 52.5 Å². The highest BCUT2D eigenvalue weighted by atomic mass is 32.1. The number of anilines is 2. The topological polar surface area (TPSA) is 208 Å². The summed E-state index contributed by atoms with van der Waals surface area (Å²) < 4.78 is -0.0739. The number of hydrogen-bond donors (Lipinski definition) is 4. The van der Waals surface area contributed by atoms with Gasteiger partial charge < -0.3 is 34.6 Å². The lowest BCUT2D eigenvalue weighted by atomic mass is 10.1.